The number of hydrazine groups is 1. The largest absolute Gasteiger partial charge is 0.493 e. The molecule has 154 valence electrons. The zero-order valence-corrected chi connectivity index (χ0v) is 16.8. The summed E-state index contributed by atoms with van der Waals surface area (Å²) >= 11 is 6.07. The van der Waals surface area contributed by atoms with E-state index in [2.05, 4.69) is 17.8 Å². The Kier molecular flexibility index (Phi) is 6.66. The standard InChI is InChI=1S/C20H21ClN2O6/c1-3-4-7-27-15-6-5-12(9-16(15)26-2)19(24)22-23-20(25)13-8-14(21)18-17(10-13)28-11-29-18/h5-6,8-10H,3-4,7,11H2,1-2H3,(H,22,24)(H,23,25). The molecule has 3 rings (SSSR count). The van der Waals surface area contributed by atoms with Crippen molar-refractivity contribution < 1.29 is 28.5 Å². The van der Waals surface area contributed by atoms with Gasteiger partial charge in [0.15, 0.2) is 23.0 Å². The van der Waals surface area contributed by atoms with Crippen LogP contribution in [0.3, 0.4) is 0 Å². The van der Waals surface area contributed by atoms with Crippen LogP contribution in [0.25, 0.3) is 0 Å². The van der Waals surface area contributed by atoms with E-state index >= 15 is 0 Å². The van der Waals surface area contributed by atoms with Crippen LogP contribution in [0.1, 0.15) is 40.5 Å². The van der Waals surface area contributed by atoms with Crippen LogP contribution < -0.4 is 29.8 Å². The first-order valence-corrected chi connectivity index (χ1v) is 9.42. The predicted molar refractivity (Wildman–Crippen MR) is 106 cm³/mol. The first-order chi connectivity index (χ1) is 14.0. The van der Waals surface area contributed by atoms with Gasteiger partial charge in [-0.1, -0.05) is 24.9 Å². The van der Waals surface area contributed by atoms with Gasteiger partial charge in [0, 0.05) is 11.1 Å². The topological polar surface area (TPSA) is 95.1 Å². The van der Waals surface area contributed by atoms with Crippen molar-refractivity contribution >= 4 is 23.4 Å². The Balaban J connectivity index is 1.63. The van der Waals surface area contributed by atoms with Gasteiger partial charge >= 0.3 is 0 Å². The van der Waals surface area contributed by atoms with E-state index < -0.39 is 11.8 Å². The van der Waals surface area contributed by atoms with Crippen molar-refractivity contribution in [1.82, 2.24) is 10.9 Å². The second-order valence-electron chi connectivity index (χ2n) is 6.17. The van der Waals surface area contributed by atoms with Crippen LogP contribution in [-0.2, 0) is 0 Å². The second kappa shape index (κ2) is 9.38. The highest BCUT2D eigenvalue weighted by atomic mass is 35.5. The van der Waals surface area contributed by atoms with Gasteiger partial charge < -0.3 is 18.9 Å². The molecule has 0 aromatic heterocycles. The molecular formula is C20H21ClN2O6. The van der Waals surface area contributed by atoms with Crippen LogP contribution in [0.5, 0.6) is 23.0 Å². The summed E-state index contributed by atoms with van der Waals surface area (Å²) in [5.74, 6) is 0.686. The van der Waals surface area contributed by atoms with Gasteiger partial charge in [-0.2, -0.15) is 0 Å². The van der Waals surface area contributed by atoms with Crippen LogP contribution in [0.15, 0.2) is 30.3 Å². The van der Waals surface area contributed by atoms with Gasteiger partial charge in [-0.25, -0.2) is 0 Å². The maximum absolute atomic E-state index is 12.4. The van der Waals surface area contributed by atoms with Gasteiger partial charge in [-0.05, 0) is 36.8 Å². The molecule has 2 N–H and O–H groups in total. The highest BCUT2D eigenvalue weighted by Gasteiger charge is 2.21. The van der Waals surface area contributed by atoms with Gasteiger partial charge in [0.25, 0.3) is 11.8 Å². The summed E-state index contributed by atoms with van der Waals surface area (Å²) in [6, 6.07) is 7.70. The molecule has 0 bridgehead atoms. The zero-order valence-electron chi connectivity index (χ0n) is 16.0. The molecular weight excluding hydrogens is 400 g/mol. The molecule has 0 saturated carbocycles. The summed E-state index contributed by atoms with van der Waals surface area (Å²) in [6.45, 7) is 2.67. The minimum Gasteiger partial charge on any atom is -0.493 e. The van der Waals surface area contributed by atoms with Gasteiger partial charge in [0.2, 0.25) is 6.79 Å². The number of carbonyl (C=O) groups excluding carboxylic acids is 2. The monoisotopic (exact) mass is 420 g/mol. The molecule has 0 atom stereocenters. The highest BCUT2D eigenvalue weighted by Crippen LogP contribution is 2.39. The molecule has 0 fully saturated rings. The average Bonchev–Trinajstić information content (AvgIpc) is 3.21. The van der Waals surface area contributed by atoms with Gasteiger partial charge in [0.1, 0.15) is 0 Å². The number of nitrogens with one attached hydrogen (secondary N) is 2. The van der Waals surface area contributed by atoms with E-state index in [-0.39, 0.29) is 17.4 Å². The molecule has 1 aliphatic rings. The second-order valence-corrected chi connectivity index (χ2v) is 6.57. The van der Waals surface area contributed by atoms with E-state index in [4.69, 9.17) is 30.5 Å². The van der Waals surface area contributed by atoms with Crippen molar-refractivity contribution in [3.63, 3.8) is 0 Å². The molecule has 0 unspecified atom stereocenters. The number of methoxy groups -OCH3 is 1. The summed E-state index contributed by atoms with van der Waals surface area (Å²) in [5.41, 5.74) is 5.22. The fourth-order valence-corrected chi connectivity index (χ4v) is 2.88. The Morgan fingerprint density at radius 3 is 2.55 bits per heavy atom. The zero-order chi connectivity index (χ0) is 20.8. The van der Waals surface area contributed by atoms with Crippen molar-refractivity contribution in [3.8, 4) is 23.0 Å². The molecule has 0 spiro atoms. The van der Waals surface area contributed by atoms with E-state index in [0.717, 1.165) is 12.8 Å². The van der Waals surface area contributed by atoms with Crippen molar-refractivity contribution in [2.75, 3.05) is 20.5 Å². The van der Waals surface area contributed by atoms with Crippen LogP contribution in [-0.4, -0.2) is 32.3 Å². The minimum atomic E-state index is -0.551. The van der Waals surface area contributed by atoms with Crippen LogP contribution in [0, 0.1) is 0 Å². The smallest absolute Gasteiger partial charge is 0.269 e. The predicted octanol–water partition coefficient (Wildman–Crippen LogP) is 3.33. The minimum absolute atomic E-state index is 0.0385. The number of halogens is 1. The molecule has 2 aromatic rings. The number of carbonyl (C=O) groups is 2. The van der Waals surface area contributed by atoms with E-state index in [1.165, 1.54) is 19.2 Å². The van der Waals surface area contributed by atoms with Gasteiger partial charge in [-0.15, -0.1) is 0 Å². The lowest BCUT2D eigenvalue weighted by Gasteiger charge is -2.12. The number of hydrogen-bond donors (Lipinski definition) is 2. The molecule has 0 aliphatic carbocycles. The lowest BCUT2D eigenvalue weighted by atomic mass is 10.2. The molecule has 8 nitrogen and oxygen atoms in total. The van der Waals surface area contributed by atoms with Crippen molar-refractivity contribution in [2.24, 2.45) is 0 Å². The number of ether oxygens (including phenoxy) is 4. The van der Waals surface area contributed by atoms with Crippen LogP contribution >= 0.6 is 11.6 Å². The van der Waals surface area contributed by atoms with Crippen molar-refractivity contribution in [2.45, 2.75) is 19.8 Å². The summed E-state index contributed by atoms with van der Waals surface area (Å²) in [7, 11) is 1.49. The van der Waals surface area contributed by atoms with Crippen molar-refractivity contribution in [1.29, 1.82) is 0 Å². The Bertz CT molecular complexity index is 918. The molecule has 2 amide bonds. The number of hydrogen-bond acceptors (Lipinski definition) is 6. The van der Waals surface area contributed by atoms with E-state index in [1.807, 2.05) is 0 Å². The maximum Gasteiger partial charge on any atom is 0.269 e. The maximum atomic E-state index is 12.4. The van der Waals surface area contributed by atoms with Crippen LogP contribution in [0.2, 0.25) is 5.02 Å². The normalized spacial score (nSPS) is 11.7. The molecule has 0 radical (unpaired) electrons. The molecule has 9 heteroatoms. The SMILES string of the molecule is CCCCOc1ccc(C(=O)NNC(=O)c2cc(Cl)c3c(c2)OCO3)cc1OC. The summed E-state index contributed by atoms with van der Waals surface area (Å²) in [4.78, 5) is 24.7. The molecule has 2 aromatic carbocycles. The first-order valence-electron chi connectivity index (χ1n) is 9.04. The quantitative estimate of drug-likeness (QED) is 0.527. The lowest BCUT2D eigenvalue weighted by Crippen LogP contribution is -2.41. The lowest BCUT2D eigenvalue weighted by molar-refractivity contribution is 0.0846. The number of rotatable bonds is 7. The van der Waals surface area contributed by atoms with Gasteiger partial charge in [-0.3, -0.25) is 20.4 Å². The number of unbranched alkanes of at least 4 members (excludes halogenated alkanes) is 1. The molecule has 29 heavy (non-hydrogen) atoms. The third kappa shape index (κ3) is 4.83. The van der Waals surface area contributed by atoms with Crippen molar-refractivity contribution in [3.05, 3.63) is 46.5 Å². The van der Waals surface area contributed by atoms with E-state index in [9.17, 15) is 9.59 Å². The molecule has 1 heterocycles. The Morgan fingerprint density at radius 1 is 1.07 bits per heavy atom. The Morgan fingerprint density at radius 2 is 1.83 bits per heavy atom. The summed E-state index contributed by atoms with van der Waals surface area (Å²) in [6.07, 6.45) is 1.93. The van der Waals surface area contributed by atoms with Crippen LogP contribution in [0.4, 0.5) is 0 Å². The summed E-state index contributed by atoms with van der Waals surface area (Å²) < 4.78 is 21.4. The van der Waals surface area contributed by atoms with Gasteiger partial charge in [0.05, 0.1) is 18.7 Å². The Hall–Kier alpha value is -3.13. The molecule has 1 aliphatic heterocycles. The third-order valence-corrected chi connectivity index (χ3v) is 4.44. The van der Waals surface area contributed by atoms with E-state index in [1.54, 1.807) is 18.2 Å². The third-order valence-electron chi connectivity index (χ3n) is 4.16. The fourth-order valence-electron chi connectivity index (χ4n) is 2.61. The summed E-state index contributed by atoms with van der Waals surface area (Å²) in [5, 5.41) is 0.250. The highest BCUT2D eigenvalue weighted by molar-refractivity contribution is 6.32. The molecule has 0 saturated heterocycles. The average molecular weight is 421 g/mol. The fraction of sp³-hybridized carbons (Fsp3) is 0.300. The number of fused-ring (bicyclic) bond motifs is 1. The Labute approximate surface area is 173 Å². The number of benzene rings is 2. The number of amides is 2. The van der Waals surface area contributed by atoms with E-state index in [0.29, 0.717) is 35.2 Å². The first kappa shape index (κ1) is 20.6.